The number of likely N-dealkylation sites (tertiary alicyclic amines) is 1. The molecular weight excluding hydrogens is 252 g/mol. The third-order valence-corrected chi connectivity index (χ3v) is 4.38. The molecule has 4 nitrogen and oxygen atoms in total. The molecule has 1 atom stereocenters. The van der Waals surface area contributed by atoms with Gasteiger partial charge in [0.2, 0.25) is 0 Å². The van der Waals surface area contributed by atoms with Gasteiger partial charge in [0.1, 0.15) is 5.75 Å². The fourth-order valence-electron chi connectivity index (χ4n) is 3.14. The van der Waals surface area contributed by atoms with Crippen molar-refractivity contribution in [3.63, 3.8) is 0 Å². The monoisotopic (exact) mass is 274 g/mol. The summed E-state index contributed by atoms with van der Waals surface area (Å²) in [6, 6.07) is 6.57. The summed E-state index contributed by atoms with van der Waals surface area (Å²) in [6.07, 6.45) is 3.00. The normalized spacial score (nSPS) is 24.6. The van der Waals surface area contributed by atoms with Gasteiger partial charge < -0.3 is 14.8 Å². The van der Waals surface area contributed by atoms with E-state index < -0.39 is 0 Å². The number of hydrogen-bond acceptors (Lipinski definition) is 4. The van der Waals surface area contributed by atoms with E-state index in [0.29, 0.717) is 5.92 Å². The van der Waals surface area contributed by atoms with Crippen molar-refractivity contribution in [2.45, 2.75) is 26.2 Å². The fraction of sp³-hybridized carbons (Fsp3) is 0.562. The molecule has 1 N–H and O–H groups in total. The molecule has 2 aliphatic rings. The number of ether oxygens (including phenoxy) is 1. The predicted molar refractivity (Wildman–Crippen MR) is 78.8 cm³/mol. The number of benzene rings is 1. The molecule has 1 saturated heterocycles. The average Bonchev–Trinajstić information content (AvgIpc) is 2.92. The van der Waals surface area contributed by atoms with Gasteiger partial charge in [-0.25, -0.2) is 0 Å². The lowest BCUT2D eigenvalue weighted by atomic mass is 9.97. The predicted octanol–water partition coefficient (Wildman–Crippen LogP) is 2.34. The number of hydrogen-bond donors (Lipinski definition) is 1. The molecule has 1 unspecified atom stereocenters. The topological polar surface area (TPSA) is 45.1 Å². The number of piperidine rings is 1. The molecule has 1 aromatic rings. The van der Waals surface area contributed by atoms with Crippen molar-refractivity contribution in [1.82, 2.24) is 4.90 Å². The summed E-state index contributed by atoms with van der Waals surface area (Å²) in [6.45, 7) is 6.02. The second kappa shape index (κ2) is 5.83. The van der Waals surface area contributed by atoms with Crippen LogP contribution in [0.4, 0.5) is 0 Å². The zero-order chi connectivity index (χ0) is 13.9. The Balaban J connectivity index is 1.55. The molecule has 0 aliphatic carbocycles. The summed E-state index contributed by atoms with van der Waals surface area (Å²) in [4.78, 5) is 2.46. The summed E-state index contributed by atoms with van der Waals surface area (Å²) >= 11 is 0. The van der Waals surface area contributed by atoms with Gasteiger partial charge in [0.15, 0.2) is 0 Å². The Morgan fingerprint density at radius 2 is 2.30 bits per heavy atom. The minimum absolute atomic E-state index is 0.363. The van der Waals surface area contributed by atoms with Crippen molar-refractivity contribution in [2.75, 3.05) is 26.2 Å². The molecule has 2 heterocycles. The molecule has 0 saturated carbocycles. The Morgan fingerprint density at radius 3 is 3.10 bits per heavy atom. The first-order valence-corrected chi connectivity index (χ1v) is 7.44. The van der Waals surface area contributed by atoms with Crippen LogP contribution >= 0.6 is 0 Å². The second-order valence-electron chi connectivity index (χ2n) is 5.83. The maximum atomic E-state index is 8.90. The van der Waals surface area contributed by atoms with Gasteiger partial charge in [-0.05, 0) is 23.6 Å². The van der Waals surface area contributed by atoms with Crippen LogP contribution in [0.15, 0.2) is 23.4 Å². The maximum absolute atomic E-state index is 8.90. The van der Waals surface area contributed by atoms with E-state index in [1.807, 2.05) is 0 Å². The van der Waals surface area contributed by atoms with Crippen LogP contribution in [-0.4, -0.2) is 42.1 Å². The van der Waals surface area contributed by atoms with Gasteiger partial charge in [0.05, 0.1) is 12.3 Å². The molecule has 108 valence electrons. The van der Waals surface area contributed by atoms with Crippen molar-refractivity contribution in [3.05, 3.63) is 29.3 Å². The van der Waals surface area contributed by atoms with E-state index in [-0.39, 0.29) is 0 Å². The standard InChI is InChI=1S/C16H22N2O2/c1-12-11-18(8-5-15(12)17-19)7-4-13-2-3-16-14(10-13)6-9-20-16/h2-3,10,12,19H,4-9,11H2,1H3/b17-15+. The summed E-state index contributed by atoms with van der Waals surface area (Å²) < 4.78 is 5.54. The quantitative estimate of drug-likeness (QED) is 0.679. The van der Waals surface area contributed by atoms with E-state index in [9.17, 15) is 0 Å². The van der Waals surface area contributed by atoms with Crippen molar-refractivity contribution in [1.29, 1.82) is 0 Å². The van der Waals surface area contributed by atoms with E-state index in [1.165, 1.54) is 11.1 Å². The molecule has 20 heavy (non-hydrogen) atoms. The third-order valence-electron chi connectivity index (χ3n) is 4.38. The molecule has 1 fully saturated rings. The molecule has 0 spiro atoms. The first-order chi connectivity index (χ1) is 9.76. The van der Waals surface area contributed by atoms with Crippen molar-refractivity contribution in [2.24, 2.45) is 11.1 Å². The lowest BCUT2D eigenvalue weighted by molar-refractivity contribution is 0.238. The van der Waals surface area contributed by atoms with E-state index in [1.54, 1.807) is 0 Å². The Kier molecular flexibility index (Phi) is 3.92. The fourth-order valence-corrected chi connectivity index (χ4v) is 3.14. The Hall–Kier alpha value is -1.55. The largest absolute Gasteiger partial charge is 0.493 e. The first-order valence-electron chi connectivity index (χ1n) is 7.44. The molecule has 0 radical (unpaired) electrons. The highest BCUT2D eigenvalue weighted by molar-refractivity contribution is 5.86. The van der Waals surface area contributed by atoms with Crippen LogP contribution in [0.1, 0.15) is 24.5 Å². The van der Waals surface area contributed by atoms with Crippen LogP contribution in [0, 0.1) is 5.92 Å². The van der Waals surface area contributed by atoms with Gasteiger partial charge >= 0.3 is 0 Å². The second-order valence-corrected chi connectivity index (χ2v) is 5.83. The molecule has 2 aliphatic heterocycles. The molecule has 0 aromatic heterocycles. The SMILES string of the molecule is CC1CN(CCc2ccc3c(c2)CCO3)CC/C1=N\O. The van der Waals surface area contributed by atoms with Gasteiger partial charge in [0.25, 0.3) is 0 Å². The highest BCUT2D eigenvalue weighted by Crippen LogP contribution is 2.26. The van der Waals surface area contributed by atoms with Crippen LogP contribution in [0.3, 0.4) is 0 Å². The Bertz CT molecular complexity index is 513. The summed E-state index contributed by atoms with van der Waals surface area (Å²) in [7, 11) is 0. The van der Waals surface area contributed by atoms with E-state index in [4.69, 9.17) is 9.94 Å². The Labute approximate surface area is 120 Å². The smallest absolute Gasteiger partial charge is 0.122 e. The van der Waals surface area contributed by atoms with Crippen molar-refractivity contribution >= 4 is 5.71 Å². The molecule has 0 bridgehead atoms. The van der Waals surface area contributed by atoms with Crippen LogP contribution in [0.2, 0.25) is 0 Å². The Morgan fingerprint density at radius 1 is 1.40 bits per heavy atom. The molecular formula is C16H22N2O2. The first kappa shape index (κ1) is 13.4. The highest BCUT2D eigenvalue weighted by Gasteiger charge is 2.22. The third kappa shape index (κ3) is 2.80. The highest BCUT2D eigenvalue weighted by atomic mass is 16.5. The number of oxime groups is 1. The van der Waals surface area contributed by atoms with Crippen LogP contribution in [0.5, 0.6) is 5.75 Å². The van der Waals surface area contributed by atoms with Crippen LogP contribution in [-0.2, 0) is 12.8 Å². The number of fused-ring (bicyclic) bond motifs is 1. The van der Waals surface area contributed by atoms with Crippen molar-refractivity contribution < 1.29 is 9.94 Å². The molecule has 3 rings (SSSR count). The average molecular weight is 274 g/mol. The minimum atomic E-state index is 0.363. The summed E-state index contributed by atoms with van der Waals surface area (Å²) in [5.74, 6) is 1.42. The van der Waals surface area contributed by atoms with E-state index >= 15 is 0 Å². The zero-order valence-electron chi connectivity index (χ0n) is 12.0. The summed E-state index contributed by atoms with van der Waals surface area (Å²) in [5, 5.41) is 12.3. The van der Waals surface area contributed by atoms with Crippen LogP contribution in [0.25, 0.3) is 0 Å². The maximum Gasteiger partial charge on any atom is 0.122 e. The molecule has 4 heteroatoms. The number of rotatable bonds is 3. The number of nitrogens with zero attached hydrogens (tertiary/aromatic N) is 2. The molecule has 1 aromatic carbocycles. The summed E-state index contributed by atoms with van der Waals surface area (Å²) in [5.41, 5.74) is 3.68. The van der Waals surface area contributed by atoms with Crippen molar-refractivity contribution in [3.8, 4) is 5.75 Å². The lowest BCUT2D eigenvalue weighted by Gasteiger charge is -2.31. The van der Waals surface area contributed by atoms with Gasteiger partial charge in [-0.1, -0.05) is 24.2 Å². The van der Waals surface area contributed by atoms with E-state index in [0.717, 1.165) is 57.0 Å². The van der Waals surface area contributed by atoms with E-state index in [2.05, 4.69) is 35.2 Å². The van der Waals surface area contributed by atoms with Gasteiger partial charge in [-0.3, -0.25) is 0 Å². The minimum Gasteiger partial charge on any atom is -0.493 e. The lowest BCUT2D eigenvalue weighted by Crippen LogP contribution is -2.40. The zero-order valence-corrected chi connectivity index (χ0v) is 12.0. The molecule has 0 amide bonds. The van der Waals surface area contributed by atoms with Gasteiger partial charge in [-0.15, -0.1) is 0 Å². The van der Waals surface area contributed by atoms with Gasteiger partial charge in [-0.2, -0.15) is 0 Å². The van der Waals surface area contributed by atoms with Crippen LogP contribution < -0.4 is 4.74 Å². The van der Waals surface area contributed by atoms with Gasteiger partial charge in [0, 0.05) is 38.4 Å².